The monoisotopic (exact) mass is 583 g/mol. The van der Waals surface area contributed by atoms with Gasteiger partial charge in [-0.1, -0.05) is 46.4 Å². The van der Waals surface area contributed by atoms with Crippen molar-refractivity contribution < 1.29 is 19.1 Å². The molecule has 0 aliphatic carbocycles. The van der Waals surface area contributed by atoms with Crippen molar-refractivity contribution in [2.24, 2.45) is 0 Å². The number of amides is 2. The minimum absolute atomic E-state index is 0.0458. The van der Waals surface area contributed by atoms with Crippen molar-refractivity contribution in [1.29, 1.82) is 0 Å². The van der Waals surface area contributed by atoms with E-state index < -0.39 is 11.8 Å². The van der Waals surface area contributed by atoms with Crippen LogP contribution in [-0.4, -0.2) is 35.0 Å². The third-order valence-corrected chi connectivity index (χ3v) is 6.10. The molecule has 0 aliphatic heterocycles. The Morgan fingerprint density at radius 2 is 1.16 bits per heavy atom. The standard InChI is InChI=1S/C26H25Cl4N3O4/c1-16-13-17(2)32-26(31-16)33(24(34)5-3-11-36-22-9-7-18(27)14-20(22)29)25(35)6-4-12-37-23-10-8-19(28)15-21(23)30/h7-10,13-15H,3-6,11-12H2,1-2H3. The molecule has 3 aromatic rings. The summed E-state index contributed by atoms with van der Waals surface area (Å²) < 4.78 is 11.3. The molecule has 0 saturated carbocycles. The lowest BCUT2D eigenvalue weighted by Crippen LogP contribution is -2.38. The van der Waals surface area contributed by atoms with Crippen molar-refractivity contribution in [3.05, 3.63) is 73.9 Å². The van der Waals surface area contributed by atoms with Crippen LogP contribution in [0.3, 0.4) is 0 Å². The molecule has 2 aromatic carbocycles. The number of benzene rings is 2. The third-order valence-electron chi connectivity index (χ3n) is 5.04. The van der Waals surface area contributed by atoms with Crippen molar-refractivity contribution in [2.75, 3.05) is 18.1 Å². The van der Waals surface area contributed by atoms with E-state index in [0.717, 1.165) is 4.90 Å². The third kappa shape index (κ3) is 8.75. The number of nitrogens with zero attached hydrogens (tertiary/aromatic N) is 3. The topological polar surface area (TPSA) is 81.6 Å². The maximum atomic E-state index is 13.1. The highest BCUT2D eigenvalue weighted by Crippen LogP contribution is 2.28. The van der Waals surface area contributed by atoms with Crippen molar-refractivity contribution in [3.8, 4) is 11.5 Å². The average Bonchev–Trinajstić information content (AvgIpc) is 2.81. The summed E-state index contributed by atoms with van der Waals surface area (Å²) in [5.74, 6) is 0.121. The van der Waals surface area contributed by atoms with Gasteiger partial charge < -0.3 is 9.47 Å². The number of rotatable bonds is 11. The van der Waals surface area contributed by atoms with Crippen LogP contribution in [0.2, 0.25) is 20.1 Å². The van der Waals surface area contributed by atoms with Gasteiger partial charge in [0.1, 0.15) is 11.5 Å². The van der Waals surface area contributed by atoms with Crippen LogP contribution < -0.4 is 14.4 Å². The van der Waals surface area contributed by atoms with E-state index in [-0.39, 0.29) is 32.0 Å². The molecule has 0 aliphatic rings. The second-order valence-electron chi connectivity index (χ2n) is 8.13. The molecule has 0 N–H and O–H groups in total. The van der Waals surface area contributed by atoms with E-state index in [2.05, 4.69) is 9.97 Å². The minimum atomic E-state index is -0.428. The number of aryl methyl sites for hydroxylation is 2. The molecule has 7 nitrogen and oxygen atoms in total. The summed E-state index contributed by atoms with van der Waals surface area (Å²) in [5, 5.41) is 1.75. The van der Waals surface area contributed by atoms with E-state index in [1.807, 2.05) is 0 Å². The van der Waals surface area contributed by atoms with Gasteiger partial charge in [-0.05, 0) is 69.2 Å². The molecule has 37 heavy (non-hydrogen) atoms. The summed E-state index contributed by atoms with van der Waals surface area (Å²) in [6.07, 6.45) is 0.795. The molecule has 11 heteroatoms. The van der Waals surface area contributed by atoms with Gasteiger partial charge in [0.2, 0.25) is 17.8 Å². The molecule has 3 rings (SSSR count). The second kappa shape index (κ2) is 13.8. The summed E-state index contributed by atoms with van der Waals surface area (Å²) in [6, 6.07) is 11.6. The van der Waals surface area contributed by atoms with Gasteiger partial charge >= 0.3 is 0 Å². The zero-order chi connectivity index (χ0) is 26.9. The fourth-order valence-corrected chi connectivity index (χ4v) is 4.31. The minimum Gasteiger partial charge on any atom is -0.492 e. The number of carbonyl (C=O) groups is 2. The van der Waals surface area contributed by atoms with Crippen LogP contribution in [0.25, 0.3) is 0 Å². The number of hydrogen-bond donors (Lipinski definition) is 0. The molecule has 2 amide bonds. The van der Waals surface area contributed by atoms with Gasteiger partial charge in [0, 0.05) is 34.3 Å². The lowest BCUT2D eigenvalue weighted by molar-refractivity contribution is -0.126. The maximum absolute atomic E-state index is 13.1. The summed E-state index contributed by atoms with van der Waals surface area (Å²) in [6.45, 7) is 3.99. The van der Waals surface area contributed by atoms with Gasteiger partial charge in [0.05, 0.1) is 23.3 Å². The Labute approximate surface area is 235 Å². The van der Waals surface area contributed by atoms with Gasteiger partial charge in [-0.25, -0.2) is 14.9 Å². The number of hydrogen-bond acceptors (Lipinski definition) is 6. The quantitative estimate of drug-likeness (QED) is 0.220. The van der Waals surface area contributed by atoms with E-state index in [1.165, 1.54) is 0 Å². The summed E-state index contributed by atoms with van der Waals surface area (Å²) in [7, 11) is 0. The van der Waals surface area contributed by atoms with Crippen LogP contribution in [0, 0.1) is 13.8 Å². The lowest BCUT2D eigenvalue weighted by atomic mass is 10.2. The van der Waals surface area contributed by atoms with Gasteiger partial charge in [0.15, 0.2) is 0 Å². The second-order valence-corrected chi connectivity index (χ2v) is 9.81. The van der Waals surface area contributed by atoms with E-state index in [1.54, 1.807) is 56.3 Å². The molecule has 1 aromatic heterocycles. The number of ether oxygens (including phenoxy) is 2. The van der Waals surface area contributed by atoms with Gasteiger partial charge in [-0.2, -0.15) is 0 Å². The van der Waals surface area contributed by atoms with Crippen LogP contribution in [0.4, 0.5) is 5.95 Å². The number of carbonyl (C=O) groups excluding carboxylic acids is 2. The molecule has 1 heterocycles. The SMILES string of the molecule is Cc1cc(C)nc(N(C(=O)CCCOc2ccc(Cl)cc2Cl)C(=O)CCCOc2ccc(Cl)cc2Cl)n1. The molecule has 0 fully saturated rings. The Kier molecular flexibility index (Phi) is 10.8. The maximum Gasteiger partial charge on any atom is 0.239 e. The zero-order valence-electron chi connectivity index (χ0n) is 20.3. The lowest BCUT2D eigenvalue weighted by Gasteiger charge is -2.20. The normalized spacial score (nSPS) is 10.8. The van der Waals surface area contributed by atoms with Gasteiger partial charge in [-0.3, -0.25) is 9.59 Å². The van der Waals surface area contributed by atoms with Crippen molar-refractivity contribution >= 4 is 64.2 Å². The smallest absolute Gasteiger partial charge is 0.239 e. The molecule has 0 saturated heterocycles. The molecular weight excluding hydrogens is 560 g/mol. The van der Waals surface area contributed by atoms with Crippen LogP contribution in [-0.2, 0) is 9.59 Å². The predicted octanol–water partition coefficient (Wildman–Crippen LogP) is 7.29. The van der Waals surface area contributed by atoms with Crippen molar-refractivity contribution in [1.82, 2.24) is 9.97 Å². The fraction of sp³-hybridized carbons (Fsp3) is 0.308. The van der Waals surface area contributed by atoms with E-state index >= 15 is 0 Å². The average molecular weight is 585 g/mol. The van der Waals surface area contributed by atoms with Gasteiger partial charge in [-0.15, -0.1) is 0 Å². The van der Waals surface area contributed by atoms with Crippen LogP contribution in [0.1, 0.15) is 37.1 Å². The Morgan fingerprint density at radius 1 is 0.730 bits per heavy atom. The molecule has 0 unspecified atom stereocenters. The first kappa shape index (κ1) is 29.0. The first-order chi connectivity index (χ1) is 17.6. The summed E-state index contributed by atoms with van der Waals surface area (Å²) >= 11 is 24.0. The number of halogens is 4. The molecular formula is C26H25Cl4N3O4. The van der Waals surface area contributed by atoms with E-state index in [0.29, 0.717) is 55.8 Å². The molecule has 196 valence electrons. The first-order valence-electron chi connectivity index (χ1n) is 11.5. The summed E-state index contributed by atoms with van der Waals surface area (Å²) in [5.41, 5.74) is 1.30. The highest BCUT2D eigenvalue weighted by atomic mass is 35.5. The zero-order valence-corrected chi connectivity index (χ0v) is 23.3. The largest absolute Gasteiger partial charge is 0.492 e. The Balaban J connectivity index is 1.60. The number of anilines is 1. The van der Waals surface area contributed by atoms with Crippen LogP contribution in [0.5, 0.6) is 11.5 Å². The molecule has 0 bridgehead atoms. The van der Waals surface area contributed by atoms with Crippen LogP contribution >= 0.6 is 46.4 Å². The summed E-state index contributed by atoms with van der Waals surface area (Å²) in [4.78, 5) is 35.9. The highest BCUT2D eigenvalue weighted by Gasteiger charge is 2.26. The van der Waals surface area contributed by atoms with Crippen molar-refractivity contribution in [2.45, 2.75) is 39.5 Å². The Bertz CT molecular complexity index is 1180. The Morgan fingerprint density at radius 3 is 1.57 bits per heavy atom. The molecule has 0 atom stereocenters. The number of aromatic nitrogens is 2. The van der Waals surface area contributed by atoms with E-state index in [9.17, 15) is 9.59 Å². The van der Waals surface area contributed by atoms with Gasteiger partial charge in [0.25, 0.3) is 0 Å². The van der Waals surface area contributed by atoms with E-state index in [4.69, 9.17) is 55.9 Å². The fourth-order valence-electron chi connectivity index (χ4n) is 3.39. The van der Waals surface area contributed by atoms with Crippen LogP contribution in [0.15, 0.2) is 42.5 Å². The Hall–Kier alpha value is -2.58. The van der Waals surface area contributed by atoms with Crippen molar-refractivity contribution in [3.63, 3.8) is 0 Å². The molecule has 0 spiro atoms. The highest BCUT2D eigenvalue weighted by molar-refractivity contribution is 6.36. The number of imide groups is 1. The predicted molar refractivity (Wildman–Crippen MR) is 146 cm³/mol. The first-order valence-corrected chi connectivity index (χ1v) is 13.0. The molecule has 0 radical (unpaired) electrons.